The lowest BCUT2D eigenvalue weighted by molar-refractivity contribution is -0.140. The van der Waals surface area contributed by atoms with Gasteiger partial charge in [-0.15, -0.1) is 0 Å². The minimum atomic E-state index is -0.776. The number of Topliss-reactive ketones (excluding diaryl/α,β-unsaturated/α-hetero) is 1. The summed E-state index contributed by atoms with van der Waals surface area (Å²) in [4.78, 5) is 27.0. The predicted octanol–water partition coefficient (Wildman–Crippen LogP) is 4.86. The molecule has 1 saturated heterocycles. The first-order chi connectivity index (χ1) is 13.9. The van der Waals surface area contributed by atoms with E-state index in [-0.39, 0.29) is 11.3 Å². The maximum absolute atomic E-state index is 12.9. The van der Waals surface area contributed by atoms with E-state index < -0.39 is 17.7 Å². The molecule has 0 saturated carbocycles. The van der Waals surface area contributed by atoms with Gasteiger partial charge in [0.1, 0.15) is 29.1 Å². The second kappa shape index (κ2) is 8.74. The number of hydrogen-bond acceptors (Lipinski definition) is 5. The molecule has 0 radical (unpaired) electrons. The van der Waals surface area contributed by atoms with E-state index in [1.54, 1.807) is 37.3 Å². The number of rotatable bonds is 7. The summed E-state index contributed by atoms with van der Waals surface area (Å²) in [6.07, 6.45) is 1.60. The van der Waals surface area contributed by atoms with Gasteiger partial charge in [-0.25, -0.2) is 0 Å². The van der Waals surface area contributed by atoms with Crippen molar-refractivity contribution >= 4 is 29.1 Å². The van der Waals surface area contributed by atoms with E-state index in [0.717, 1.165) is 12.8 Å². The SMILES string of the molecule is CCCCN1C(=O)C(=O)/C(=C(\O)c2ccc(Cl)c(OCC)c2)C1c1ccc(C)o1. The number of benzene rings is 1. The number of aliphatic hydroxyl groups excluding tert-OH is 1. The number of halogens is 1. The first-order valence-electron chi connectivity index (χ1n) is 9.66. The maximum Gasteiger partial charge on any atom is 0.295 e. The lowest BCUT2D eigenvalue weighted by atomic mass is 9.99. The van der Waals surface area contributed by atoms with Gasteiger partial charge in [-0.05, 0) is 50.6 Å². The molecule has 1 aliphatic heterocycles. The highest BCUT2D eigenvalue weighted by atomic mass is 35.5. The number of hydrogen-bond donors (Lipinski definition) is 1. The van der Waals surface area contributed by atoms with Crippen molar-refractivity contribution in [1.82, 2.24) is 4.90 Å². The molecule has 1 unspecified atom stereocenters. The number of carbonyl (C=O) groups is 2. The number of carbonyl (C=O) groups excluding carboxylic acids is 2. The van der Waals surface area contributed by atoms with Gasteiger partial charge in [0, 0.05) is 12.1 Å². The van der Waals surface area contributed by atoms with Crippen molar-refractivity contribution in [1.29, 1.82) is 0 Å². The standard InChI is InChI=1S/C22H24ClNO5/c1-4-6-11-24-19(16-10-7-13(3)29-16)18(21(26)22(24)27)20(25)14-8-9-15(23)17(12-14)28-5-2/h7-10,12,19,25H,4-6,11H2,1-3H3/b20-18-. The van der Waals surface area contributed by atoms with E-state index in [0.29, 0.717) is 41.0 Å². The average Bonchev–Trinajstić information content (AvgIpc) is 3.23. The molecule has 2 heterocycles. The van der Waals surface area contributed by atoms with Crippen LogP contribution in [0.1, 0.15) is 49.8 Å². The van der Waals surface area contributed by atoms with Crippen molar-refractivity contribution in [2.24, 2.45) is 0 Å². The average molecular weight is 418 g/mol. The molecule has 1 aliphatic rings. The third-order valence-corrected chi connectivity index (χ3v) is 5.14. The number of aliphatic hydroxyl groups is 1. The molecule has 3 rings (SSSR count). The fourth-order valence-electron chi connectivity index (χ4n) is 3.41. The third kappa shape index (κ3) is 4.03. The lowest BCUT2D eigenvalue weighted by Gasteiger charge is -2.23. The lowest BCUT2D eigenvalue weighted by Crippen LogP contribution is -2.30. The van der Waals surface area contributed by atoms with Crippen LogP contribution in [0.25, 0.3) is 5.76 Å². The van der Waals surface area contributed by atoms with E-state index in [2.05, 4.69) is 0 Å². The highest BCUT2D eigenvalue weighted by Crippen LogP contribution is 2.41. The summed E-state index contributed by atoms with van der Waals surface area (Å²) in [6, 6.07) is 7.45. The smallest absolute Gasteiger partial charge is 0.295 e. The molecule has 1 amide bonds. The number of nitrogens with zero attached hydrogens (tertiary/aromatic N) is 1. The Kier molecular flexibility index (Phi) is 6.33. The molecule has 2 aromatic rings. The molecule has 154 valence electrons. The summed E-state index contributed by atoms with van der Waals surface area (Å²) in [7, 11) is 0. The molecule has 0 bridgehead atoms. The van der Waals surface area contributed by atoms with Crippen molar-refractivity contribution in [3.8, 4) is 5.75 Å². The Labute approximate surface area is 174 Å². The number of unbranched alkanes of at least 4 members (excludes halogenated alkanes) is 1. The van der Waals surface area contributed by atoms with E-state index in [1.165, 1.54) is 4.90 Å². The minimum Gasteiger partial charge on any atom is -0.507 e. The zero-order chi connectivity index (χ0) is 21.1. The van der Waals surface area contributed by atoms with Crippen LogP contribution in [0.3, 0.4) is 0 Å². The highest BCUT2D eigenvalue weighted by molar-refractivity contribution is 6.46. The van der Waals surface area contributed by atoms with Crippen molar-refractivity contribution < 1.29 is 23.8 Å². The fraction of sp³-hybridized carbons (Fsp3) is 0.364. The third-order valence-electron chi connectivity index (χ3n) is 4.83. The van der Waals surface area contributed by atoms with Crippen LogP contribution in [-0.4, -0.2) is 34.8 Å². The first kappa shape index (κ1) is 21.0. The molecule has 0 spiro atoms. The maximum atomic E-state index is 12.9. The summed E-state index contributed by atoms with van der Waals surface area (Å²) in [5.74, 6) is -0.156. The second-order valence-corrected chi connectivity index (χ2v) is 7.28. The van der Waals surface area contributed by atoms with E-state index in [9.17, 15) is 14.7 Å². The van der Waals surface area contributed by atoms with Gasteiger partial charge in [-0.3, -0.25) is 9.59 Å². The highest BCUT2D eigenvalue weighted by Gasteiger charge is 2.47. The molecule has 1 fully saturated rings. The number of ketones is 1. The van der Waals surface area contributed by atoms with Crippen LogP contribution in [0.15, 0.2) is 40.3 Å². The van der Waals surface area contributed by atoms with Gasteiger partial charge in [0.15, 0.2) is 0 Å². The second-order valence-electron chi connectivity index (χ2n) is 6.87. The largest absolute Gasteiger partial charge is 0.507 e. The van der Waals surface area contributed by atoms with Crippen molar-refractivity contribution in [3.63, 3.8) is 0 Å². The molecule has 1 N–H and O–H groups in total. The molecule has 29 heavy (non-hydrogen) atoms. The Balaban J connectivity index is 2.14. The van der Waals surface area contributed by atoms with Crippen LogP contribution >= 0.6 is 11.6 Å². The molecule has 7 heteroatoms. The molecular formula is C22H24ClNO5. The topological polar surface area (TPSA) is 80.0 Å². The monoisotopic (exact) mass is 417 g/mol. The minimum absolute atomic E-state index is 0.00484. The van der Waals surface area contributed by atoms with Crippen LogP contribution in [0.4, 0.5) is 0 Å². The van der Waals surface area contributed by atoms with E-state index >= 15 is 0 Å². The summed E-state index contributed by atoms with van der Waals surface area (Å²) >= 11 is 6.13. The Bertz CT molecular complexity index is 962. The van der Waals surface area contributed by atoms with Crippen LogP contribution in [0.5, 0.6) is 5.75 Å². The summed E-state index contributed by atoms with van der Waals surface area (Å²) in [5, 5.41) is 11.4. The van der Waals surface area contributed by atoms with Gasteiger partial charge in [-0.2, -0.15) is 0 Å². The molecule has 1 atom stereocenters. The van der Waals surface area contributed by atoms with Crippen molar-refractivity contribution in [3.05, 3.63) is 58.0 Å². The van der Waals surface area contributed by atoms with E-state index in [4.69, 9.17) is 20.8 Å². The number of amides is 1. The zero-order valence-electron chi connectivity index (χ0n) is 16.7. The number of aryl methyl sites for hydroxylation is 1. The first-order valence-corrected chi connectivity index (χ1v) is 10.0. The molecular weight excluding hydrogens is 394 g/mol. The number of furan rings is 1. The summed E-state index contributed by atoms with van der Waals surface area (Å²) < 4.78 is 11.2. The van der Waals surface area contributed by atoms with Gasteiger partial charge in [0.2, 0.25) is 0 Å². The quantitative estimate of drug-likeness (QED) is 0.395. The number of ether oxygens (including phenoxy) is 1. The fourth-order valence-corrected chi connectivity index (χ4v) is 3.58. The van der Waals surface area contributed by atoms with Crippen LogP contribution in [-0.2, 0) is 9.59 Å². The molecule has 0 aliphatic carbocycles. The Hall–Kier alpha value is -2.73. The van der Waals surface area contributed by atoms with Gasteiger partial charge in [-0.1, -0.05) is 24.9 Å². The van der Waals surface area contributed by atoms with Gasteiger partial charge in [0.25, 0.3) is 11.7 Å². The Morgan fingerprint density at radius 3 is 2.62 bits per heavy atom. The molecule has 6 nitrogen and oxygen atoms in total. The van der Waals surface area contributed by atoms with Crippen molar-refractivity contribution in [2.45, 2.75) is 39.7 Å². The van der Waals surface area contributed by atoms with Gasteiger partial charge in [0.05, 0.1) is 17.2 Å². The van der Waals surface area contributed by atoms with Crippen LogP contribution in [0, 0.1) is 6.92 Å². The zero-order valence-corrected chi connectivity index (χ0v) is 17.5. The molecule has 1 aromatic heterocycles. The van der Waals surface area contributed by atoms with Gasteiger partial charge >= 0.3 is 0 Å². The van der Waals surface area contributed by atoms with Crippen molar-refractivity contribution in [2.75, 3.05) is 13.2 Å². The van der Waals surface area contributed by atoms with Crippen LogP contribution in [0.2, 0.25) is 5.02 Å². The Morgan fingerprint density at radius 1 is 1.24 bits per heavy atom. The van der Waals surface area contributed by atoms with Crippen LogP contribution < -0.4 is 4.74 Å². The molecule has 1 aromatic carbocycles. The van der Waals surface area contributed by atoms with E-state index in [1.807, 2.05) is 13.8 Å². The van der Waals surface area contributed by atoms with Gasteiger partial charge < -0.3 is 19.2 Å². The normalized spacial score (nSPS) is 18.5. The predicted molar refractivity (Wildman–Crippen MR) is 110 cm³/mol. The number of likely N-dealkylation sites (tertiary alicyclic amines) is 1. The Morgan fingerprint density at radius 2 is 2.00 bits per heavy atom. The summed E-state index contributed by atoms with van der Waals surface area (Å²) in [5.41, 5.74) is 0.352. The summed E-state index contributed by atoms with van der Waals surface area (Å²) in [6.45, 7) is 6.41.